The van der Waals surface area contributed by atoms with Crippen LogP contribution in [0.5, 0.6) is 11.5 Å². The molecule has 4 nitrogen and oxygen atoms in total. The van der Waals surface area contributed by atoms with Crippen molar-refractivity contribution in [1.29, 1.82) is 0 Å². The van der Waals surface area contributed by atoms with Gasteiger partial charge in [0, 0.05) is 30.7 Å². The first-order chi connectivity index (χ1) is 9.24. The van der Waals surface area contributed by atoms with E-state index in [1.54, 1.807) is 14.2 Å². The van der Waals surface area contributed by atoms with Crippen molar-refractivity contribution >= 4 is 34.8 Å². The maximum atomic E-state index is 5.45. The second kappa shape index (κ2) is 6.86. The fraction of sp³-hybridized carbons (Fsp3) is 0.462. The molecule has 0 atom stereocenters. The summed E-state index contributed by atoms with van der Waals surface area (Å²) in [7, 11) is 3.29. The van der Waals surface area contributed by atoms with Crippen LogP contribution in [0.4, 0.5) is 5.69 Å². The molecule has 1 heterocycles. The summed E-state index contributed by atoms with van der Waals surface area (Å²) in [4.78, 5) is 2.19. The lowest BCUT2D eigenvalue weighted by Gasteiger charge is -2.29. The largest absolute Gasteiger partial charge is 0.497 e. The van der Waals surface area contributed by atoms with E-state index in [4.69, 9.17) is 21.7 Å². The molecule has 1 aromatic rings. The van der Waals surface area contributed by atoms with E-state index in [2.05, 4.69) is 10.2 Å². The zero-order valence-corrected chi connectivity index (χ0v) is 12.8. The molecule has 1 aromatic carbocycles. The third-order valence-electron chi connectivity index (χ3n) is 2.95. The van der Waals surface area contributed by atoms with E-state index in [-0.39, 0.29) is 0 Å². The van der Waals surface area contributed by atoms with Crippen LogP contribution in [0.15, 0.2) is 18.2 Å². The molecule has 19 heavy (non-hydrogen) atoms. The van der Waals surface area contributed by atoms with Crippen LogP contribution in [-0.4, -0.2) is 48.8 Å². The summed E-state index contributed by atoms with van der Waals surface area (Å²) in [6.07, 6.45) is 0. The predicted molar refractivity (Wildman–Crippen MR) is 84.7 cm³/mol. The monoisotopic (exact) mass is 298 g/mol. The smallest absolute Gasteiger partial charge is 0.173 e. The number of hydrogen-bond donors (Lipinski definition) is 1. The van der Waals surface area contributed by atoms with E-state index < -0.39 is 0 Å². The molecule has 0 unspecified atom stereocenters. The molecule has 1 aliphatic rings. The molecule has 1 N–H and O–H groups in total. The third kappa shape index (κ3) is 3.67. The molecule has 0 aromatic heterocycles. The van der Waals surface area contributed by atoms with Crippen LogP contribution < -0.4 is 14.8 Å². The Morgan fingerprint density at radius 2 is 2.00 bits per heavy atom. The molecule has 0 saturated carbocycles. The number of ether oxygens (including phenoxy) is 2. The second-order valence-electron chi connectivity index (χ2n) is 4.10. The molecule has 1 aliphatic heterocycles. The van der Waals surface area contributed by atoms with E-state index >= 15 is 0 Å². The highest BCUT2D eigenvalue weighted by atomic mass is 32.2. The van der Waals surface area contributed by atoms with Gasteiger partial charge in [-0.2, -0.15) is 11.8 Å². The summed E-state index contributed by atoms with van der Waals surface area (Å²) in [5, 5.41) is 3.99. The average Bonchev–Trinajstić information content (AvgIpc) is 2.48. The Kier molecular flexibility index (Phi) is 5.15. The van der Waals surface area contributed by atoms with Crippen molar-refractivity contribution in [3.05, 3.63) is 18.2 Å². The van der Waals surface area contributed by atoms with Gasteiger partial charge in [0.05, 0.1) is 19.9 Å². The average molecular weight is 298 g/mol. The number of benzene rings is 1. The summed E-state index contributed by atoms with van der Waals surface area (Å²) in [5.41, 5.74) is 0.838. The first-order valence-corrected chi connectivity index (χ1v) is 7.66. The summed E-state index contributed by atoms with van der Waals surface area (Å²) >= 11 is 7.41. The van der Waals surface area contributed by atoms with Crippen molar-refractivity contribution in [3.8, 4) is 11.5 Å². The number of anilines is 1. The molecule has 0 amide bonds. The molecule has 1 fully saturated rings. The number of nitrogens with zero attached hydrogens (tertiary/aromatic N) is 1. The Morgan fingerprint density at radius 1 is 1.26 bits per heavy atom. The Balaban J connectivity index is 2.10. The molecule has 104 valence electrons. The number of thiocarbonyl (C=S) groups is 1. The highest BCUT2D eigenvalue weighted by Gasteiger charge is 2.15. The molecular weight excluding hydrogens is 280 g/mol. The maximum Gasteiger partial charge on any atom is 0.173 e. The van der Waals surface area contributed by atoms with Crippen LogP contribution in [-0.2, 0) is 0 Å². The van der Waals surface area contributed by atoms with Gasteiger partial charge < -0.3 is 19.7 Å². The molecule has 0 radical (unpaired) electrons. The van der Waals surface area contributed by atoms with Crippen molar-refractivity contribution in [2.75, 3.05) is 44.1 Å². The fourth-order valence-corrected chi connectivity index (χ4v) is 3.07. The van der Waals surface area contributed by atoms with Crippen molar-refractivity contribution in [2.24, 2.45) is 0 Å². The van der Waals surface area contributed by atoms with E-state index in [9.17, 15) is 0 Å². The quantitative estimate of drug-likeness (QED) is 0.863. The van der Waals surface area contributed by atoms with Crippen molar-refractivity contribution < 1.29 is 9.47 Å². The normalized spacial score (nSPS) is 14.9. The maximum absolute atomic E-state index is 5.45. The zero-order chi connectivity index (χ0) is 13.7. The van der Waals surface area contributed by atoms with Crippen molar-refractivity contribution in [2.45, 2.75) is 0 Å². The summed E-state index contributed by atoms with van der Waals surface area (Å²) in [6, 6.07) is 5.63. The lowest BCUT2D eigenvalue weighted by molar-refractivity contribution is 0.404. The summed E-state index contributed by atoms with van der Waals surface area (Å²) in [6.45, 7) is 1.98. The van der Waals surface area contributed by atoms with E-state index in [1.807, 2.05) is 30.0 Å². The van der Waals surface area contributed by atoms with Gasteiger partial charge in [0.2, 0.25) is 0 Å². The van der Waals surface area contributed by atoms with Crippen LogP contribution in [0, 0.1) is 0 Å². The van der Waals surface area contributed by atoms with Gasteiger partial charge in [0.1, 0.15) is 11.5 Å². The molecule has 0 aliphatic carbocycles. The standard InChI is InChI=1S/C13H18N2O2S2/c1-16-10-3-4-12(17-2)11(9-10)14-13(18)15-5-7-19-8-6-15/h3-4,9H,5-8H2,1-2H3,(H,14,18). The minimum atomic E-state index is 0.742. The SMILES string of the molecule is COc1ccc(OC)c(NC(=S)N2CCSCC2)c1. The van der Waals surface area contributed by atoms with Crippen LogP contribution in [0.1, 0.15) is 0 Å². The van der Waals surface area contributed by atoms with Crippen LogP contribution in [0.2, 0.25) is 0 Å². The minimum absolute atomic E-state index is 0.742. The first-order valence-electron chi connectivity index (χ1n) is 6.10. The van der Waals surface area contributed by atoms with Gasteiger partial charge in [0.25, 0.3) is 0 Å². The van der Waals surface area contributed by atoms with Gasteiger partial charge in [-0.05, 0) is 24.4 Å². The Bertz CT molecular complexity index is 448. The Morgan fingerprint density at radius 3 is 2.63 bits per heavy atom. The number of rotatable bonds is 3. The molecule has 0 spiro atoms. The summed E-state index contributed by atoms with van der Waals surface area (Å²) < 4.78 is 10.6. The number of thioether (sulfide) groups is 1. The lowest BCUT2D eigenvalue weighted by Crippen LogP contribution is -2.40. The van der Waals surface area contributed by atoms with E-state index in [0.717, 1.165) is 46.9 Å². The van der Waals surface area contributed by atoms with Gasteiger partial charge in [-0.25, -0.2) is 0 Å². The minimum Gasteiger partial charge on any atom is -0.497 e. The molecule has 2 rings (SSSR count). The second-order valence-corrected chi connectivity index (χ2v) is 5.71. The van der Waals surface area contributed by atoms with Crippen LogP contribution >= 0.6 is 24.0 Å². The van der Waals surface area contributed by atoms with Gasteiger partial charge >= 0.3 is 0 Å². The van der Waals surface area contributed by atoms with Crippen LogP contribution in [0.25, 0.3) is 0 Å². The summed E-state index contributed by atoms with van der Waals surface area (Å²) in [5.74, 6) is 3.78. The van der Waals surface area contributed by atoms with E-state index in [1.165, 1.54) is 0 Å². The number of nitrogens with one attached hydrogen (secondary N) is 1. The predicted octanol–water partition coefficient (Wildman–Crippen LogP) is 2.45. The topological polar surface area (TPSA) is 33.7 Å². The Labute approximate surface area is 123 Å². The highest BCUT2D eigenvalue weighted by Crippen LogP contribution is 2.29. The van der Waals surface area contributed by atoms with Crippen molar-refractivity contribution in [3.63, 3.8) is 0 Å². The molecule has 1 saturated heterocycles. The lowest BCUT2D eigenvalue weighted by atomic mass is 10.2. The molecule has 0 bridgehead atoms. The molecular formula is C13H18N2O2S2. The van der Waals surface area contributed by atoms with Crippen molar-refractivity contribution in [1.82, 2.24) is 4.90 Å². The van der Waals surface area contributed by atoms with Gasteiger partial charge in [-0.3, -0.25) is 0 Å². The fourth-order valence-electron chi connectivity index (χ4n) is 1.87. The van der Waals surface area contributed by atoms with E-state index in [0.29, 0.717) is 0 Å². The number of methoxy groups -OCH3 is 2. The van der Waals surface area contributed by atoms with Crippen LogP contribution in [0.3, 0.4) is 0 Å². The van der Waals surface area contributed by atoms with Gasteiger partial charge in [-0.1, -0.05) is 0 Å². The third-order valence-corrected chi connectivity index (χ3v) is 4.25. The highest BCUT2D eigenvalue weighted by molar-refractivity contribution is 7.99. The Hall–Kier alpha value is -1.14. The zero-order valence-electron chi connectivity index (χ0n) is 11.1. The molecule has 6 heteroatoms. The van der Waals surface area contributed by atoms with Gasteiger partial charge in [-0.15, -0.1) is 0 Å². The first kappa shape index (κ1) is 14.3. The van der Waals surface area contributed by atoms with Gasteiger partial charge in [0.15, 0.2) is 5.11 Å². The number of hydrogen-bond acceptors (Lipinski definition) is 4.